The lowest BCUT2D eigenvalue weighted by molar-refractivity contribution is 0.199. The zero-order valence-corrected chi connectivity index (χ0v) is 11.8. The molecule has 0 aromatic carbocycles. The first kappa shape index (κ1) is 13.6. The van der Waals surface area contributed by atoms with Crippen LogP contribution in [0.5, 0.6) is 0 Å². The molecule has 2 N–H and O–H groups in total. The van der Waals surface area contributed by atoms with E-state index in [4.69, 9.17) is 17.3 Å². The van der Waals surface area contributed by atoms with E-state index in [-0.39, 0.29) is 0 Å². The van der Waals surface area contributed by atoms with E-state index >= 15 is 0 Å². The second-order valence-electron chi connectivity index (χ2n) is 4.76. The molecule has 18 heavy (non-hydrogen) atoms. The largest absolute Gasteiger partial charge is 0.354 e. The number of hydrogen-bond donors (Lipinski definition) is 1. The van der Waals surface area contributed by atoms with Crippen molar-refractivity contribution in [3.05, 3.63) is 22.8 Å². The maximum Gasteiger partial charge on any atom is 0.129 e. The van der Waals surface area contributed by atoms with Gasteiger partial charge in [-0.25, -0.2) is 4.98 Å². The minimum absolute atomic E-state index is 0.457. The third kappa shape index (κ3) is 2.76. The Morgan fingerprint density at radius 3 is 2.89 bits per heavy atom. The Kier molecular flexibility index (Phi) is 4.43. The summed E-state index contributed by atoms with van der Waals surface area (Å²) in [6.07, 6.45) is 1.70. The summed E-state index contributed by atoms with van der Waals surface area (Å²) in [5, 5.41) is 0.654. The van der Waals surface area contributed by atoms with Crippen LogP contribution in [0.4, 0.5) is 5.82 Å². The van der Waals surface area contributed by atoms with Gasteiger partial charge in [0.05, 0.1) is 5.02 Å². The first-order valence-corrected chi connectivity index (χ1v) is 6.87. The Hall–Kier alpha value is -0.840. The fourth-order valence-corrected chi connectivity index (χ4v) is 2.65. The Labute approximate surface area is 114 Å². The minimum Gasteiger partial charge on any atom is -0.354 e. The summed E-state index contributed by atoms with van der Waals surface area (Å²) in [6, 6.07) is 2.57. The Morgan fingerprint density at radius 2 is 2.28 bits per heavy atom. The first-order valence-electron chi connectivity index (χ1n) is 6.49. The van der Waals surface area contributed by atoms with Gasteiger partial charge in [-0.1, -0.05) is 18.5 Å². The molecule has 0 aliphatic carbocycles. The Balaban J connectivity index is 2.13. The number of aromatic nitrogens is 1. The van der Waals surface area contributed by atoms with E-state index in [2.05, 4.69) is 28.6 Å². The molecule has 1 aromatic heterocycles. The molecule has 100 valence electrons. The van der Waals surface area contributed by atoms with Crippen LogP contribution in [0.3, 0.4) is 0 Å². The molecule has 4 nitrogen and oxygen atoms in total. The highest BCUT2D eigenvalue weighted by molar-refractivity contribution is 6.31. The summed E-state index contributed by atoms with van der Waals surface area (Å²) in [4.78, 5) is 9.21. The second-order valence-corrected chi connectivity index (χ2v) is 5.17. The van der Waals surface area contributed by atoms with E-state index in [0.29, 0.717) is 17.6 Å². The summed E-state index contributed by atoms with van der Waals surface area (Å²) in [6.45, 7) is 9.13. The van der Waals surface area contributed by atoms with Gasteiger partial charge >= 0.3 is 0 Å². The standard InChI is InChI=1S/C13H21ClN4/c1-3-17-4-5-18(9-10(17)2)13-6-11(7-15)12(14)8-16-13/h6,8,10H,3-5,7,9,15H2,1-2H3. The van der Waals surface area contributed by atoms with E-state index in [9.17, 15) is 0 Å². The van der Waals surface area contributed by atoms with Crippen molar-refractivity contribution in [2.24, 2.45) is 5.73 Å². The number of piperazine rings is 1. The van der Waals surface area contributed by atoms with Gasteiger partial charge in [-0.2, -0.15) is 0 Å². The van der Waals surface area contributed by atoms with E-state index < -0.39 is 0 Å². The lowest BCUT2D eigenvalue weighted by atomic mass is 10.2. The van der Waals surface area contributed by atoms with Crippen molar-refractivity contribution in [3.8, 4) is 0 Å². The number of likely N-dealkylation sites (N-methyl/N-ethyl adjacent to an activating group) is 1. The molecular weight excluding hydrogens is 248 g/mol. The van der Waals surface area contributed by atoms with E-state index in [1.54, 1.807) is 6.20 Å². The highest BCUT2D eigenvalue weighted by Gasteiger charge is 2.23. The fraction of sp³-hybridized carbons (Fsp3) is 0.615. The van der Waals surface area contributed by atoms with Gasteiger partial charge in [0.1, 0.15) is 5.82 Å². The SMILES string of the molecule is CCN1CCN(c2cc(CN)c(Cl)cn2)CC1C. The lowest BCUT2D eigenvalue weighted by Gasteiger charge is -2.40. The van der Waals surface area contributed by atoms with Crippen molar-refractivity contribution in [1.82, 2.24) is 9.88 Å². The van der Waals surface area contributed by atoms with Crippen LogP contribution in [-0.4, -0.2) is 42.1 Å². The number of nitrogens with two attached hydrogens (primary N) is 1. The van der Waals surface area contributed by atoms with Gasteiger partial charge in [-0.3, -0.25) is 4.90 Å². The molecule has 1 aromatic rings. The van der Waals surface area contributed by atoms with Gasteiger partial charge in [0.15, 0.2) is 0 Å². The molecule has 1 aliphatic heterocycles. The molecular formula is C13H21ClN4. The van der Waals surface area contributed by atoms with Crippen molar-refractivity contribution in [1.29, 1.82) is 0 Å². The Morgan fingerprint density at radius 1 is 1.50 bits per heavy atom. The third-order valence-corrected chi connectivity index (χ3v) is 3.98. The zero-order chi connectivity index (χ0) is 13.1. The minimum atomic E-state index is 0.457. The average Bonchev–Trinajstić information content (AvgIpc) is 2.39. The molecule has 1 aliphatic rings. The number of pyridine rings is 1. The van der Waals surface area contributed by atoms with Crippen LogP contribution in [-0.2, 0) is 6.54 Å². The molecule has 5 heteroatoms. The molecule has 2 heterocycles. The lowest BCUT2D eigenvalue weighted by Crippen LogP contribution is -2.52. The van der Waals surface area contributed by atoms with Crippen LogP contribution < -0.4 is 10.6 Å². The molecule has 2 rings (SSSR count). The van der Waals surface area contributed by atoms with Crippen LogP contribution in [0, 0.1) is 0 Å². The van der Waals surface area contributed by atoms with Crippen LogP contribution in [0.25, 0.3) is 0 Å². The maximum atomic E-state index is 6.04. The summed E-state index contributed by atoms with van der Waals surface area (Å²) in [5.41, 5.74) is 6.65. The topological polar surface area (TPSA) is 45.4 Å². The molecule has 1 fully saturated rings. The zero-order valence-electron chi connectivity index (χ0n) is 11.1. The van der Waals surface area contributed by atoms with E-state index in [0.717, 1.165) is 37.6 Å². The normalized spacial score (nSPS) is 21.3. The summed E-state index contributed by atoms with van der Waals surface area (Å²) < 4.78 is 0. The number of hydrogen-bond acceptors (Lipinski definition) is 4. The molecule has 0 saturated carbocycles. The smallest absolute Gasteiger partial charge is 0.129 e. The molecule has 0 radical (unpaired) electrons. The van der Waals surface area contributed by atoms with E-state index in [1.165, 1.54) is 0 Å². The van der Waals surface area contributed by atoms with Crippen molar-refractivity contribution in [2.45, 2.75) is 26.4 Å². The highest BCUT2D eigenvalue weighted by atomic mass is 35.5. The number of nitrogens with zero attached hydrogens (tertiary/aromatic N) is 3. The monoisotopic (exact) mass is 268 g/mol. The van der Waals surface area contributed by atoms with Gasteiger partial charge in [-0.05, 0) is 25.1 Å². The van der Waals surface area contributed by atoms with Crippen molar-refractivity contribution < 1.29 is 0 Å². The number of halogens is 1. The molecule has 1 saturated heterocycles. The fourth-order valence-electron chi connectivity index (χ4n) is 2.47. The van der Waals surface area contributed by atoms with Gasteiger partial charge in [0.2, 0.25) is 0 Å². The predicted molar refractivity (Wildman–Crippen MR) is 76.1 cm³/mol. The van der Waals surface area contributed by atoms with Gasteiger partial charge in [0.25, 0.3) is 0 Å². The van der Waals surface area contributed by atoms with Crippen LogP contribution in [0.15, 0.2) is 12.3 Å². The summed E-state index contributed by atoms with van der Waals surface area (Å²) in [7, 11) is 0. The second kappa shape index (κ2) is 5.87. The van der Waals surface area contributed by atoms with Crippen molar-refractivity contribution in [2.75, 3.05) is 31.1 Å². The number of anilines is 1. The highest BCUT2D eigenvalue weighted by Crippen LogP contribution is 2.22. The van der Waals surface area contributed by atoms with Crippen LogP contribution >= 0.6 is 11.6 Å². The summed E-state index contributed by atoms with van der Waals surface area (Å²) >= 11 is 6.04. The van der Waals surface area contributed by atoms with Crippen molar-refractivity contribution >= 4 is 17.4 Å². The Bertz CT molecular complexity index is 410. The first-order chi connectivity index (χ1) is 8.65. The molecule has 0 bridgehead atoms. The average molecular weight is 269 g/mol. The van der Waals surface area contributed by atoms with E-state index in [1.807, 2.05) is 6.07 Å². The number of rotatable bonds is 3. The maximum absolute atomic E-state index is 6.04. The van der Waals surface area contributed by atoms with Crippen LogP contribution in [0.1, 0.15) is 19.4 Å². The molecule has 1 unspecified atom stereocenters. The van der Waals surface area contributed by atoms with Crippen molar-refractivity contribution in [3.63, 3.8) is 0 Å². The quantitative estimate of drug-likeness (QED) is 0.907. The van der Waals surface area contributed by atoms with Gasteiger partial charge in [-0.15, -0.1) is 0 Å². The molecule has 1 atom stereocenters. The predicted octanol–water partition coefficient (Wildman–Crippen LogP) is 1.72. The van der Waals surface area contributed by atoms with Gasteiger partial charge < -0.3 is 10.6 Å². The van der Waals surface area contributed by atoms with Crippen LogP contribution in [0.2, 0.25) is 5.02 Å². The van der Waals surface area contributed by atoms with Gasteiger partial charge in [0, 0.05) is 38.4 Å². The molecule has 0 amide bonds. The summed E-state index contributed by atoms with van der Waals surface area (Å²) in [5.74, 6) is 0.988. The molecule has 0 spiro atoms. The third-order valence-electron chi connectivity index (χ3n) is 3.64.